The van der Waals surface area contributed by atoms with Gasteiger partial charge in [-0.3, -0.25) is 9.58 Å². The highest BCUT2D eigenvalue weighted by molar-refractivity contribution is 5.74. The normalized spacial score (nSPS) is 21.9. The Bertz CT molecular complexity index is 645. The lowest BCUT2D eigenvalue weighted by Gasteiger charge is -2.35. The highest BCUT2D eigenvalue weighted by Crippen LogP contribution is 2.23. The van der Waals surface area contributed by atoms with E-state index in [1.165, 1.54) is 30.5 Å². The zero-order chi connectivity index (χ0) is 18.6. The average Bonchev–Trinajstić information content (AvgIpc) is 3.07. The molecule has 7 nitrogen and oxygen atoms in total. The highest BCUT2D eigenvalue weighted by atomic mass is 16.5. The lowest BCUT2D eigenvalue weighted by Crippen LogP contribution is -2.53. The number of hydrogen-bond acceptors (Lipinski definition) is 4. The van der Waals surface area contributed by atoms with Gasteiger partial charge in [-0.1, -0.05) is 19.3 Å². The van der Waals surface area contributed by atoms with Crippen molar-refractivity contribution in [3.05, 3.63) is 17.0 Å². The molecule has 0 unspecified atom stereocenters. The molecule has 1 aromatic heterocycles. The van der Waals surface area contributed by atoms with Crippen molar-refractivity contribution in [2.45, 2.75) is 71.2 Å². The zero-order valence-corrected chi connectivity index (χ0v) is 16.6. The second kappa shape index (κ2) is 8.61. The summed E-state index contributed by atoms with van der Waals surface area (Å²) in [6, 6.07) is 0.511. The minimum Gasteiger partial charge on any atom is -0.376 e. The first kappa shape index (κ1) is 18.7. The number of fused-ring (bicyclic) bond motifs is 1. The molecule has 0 bridgehead atoms. The predicted molar refractivity (Wildman–Crippen MR) is 104 cm³/mol. The summed E-state index contributed by atoms with van der Waals surface area (Å²) in [7, 11) is 0. The number of urea groups is 1. The van der Waals surface area contributed by atoms with Crippen LogP contribution in [0.15, 0.2) is 0 Å². The number of carbonyl (C=O) groups is 1. The van der Waals surface area contributed by atoms with Crippen LogP contribution in [0.25, 0.3) is 0 Å². The van der Waals surface area contributed by atoms with Crippen LogP contribution in [0.2, 0.25) is 0 Å². The van der Waals surface area contributed by atoms with Gasteiger partial charge in [-0.2, -0.15) is 5.10 Å². The Morgan fingerprint density at radius 2 is 1.96 bits per heavy atom. The molecule has 0 spiro atoms. The molecule has 0 aromatic carbocycles. The molecule has 3 aliphatic rings. The Hall–Kier alpha value is -1.60. The summed E-state index contributed by atoms with van der Waals surface area (Å²) in [5.41, 5.74) is 3.80. The Kier molecular flexibility index (Phi) is 5.98. The van der Waals surface area contributed by atoms with Crippen molar-refractivity contribution in [1.29, 1.82) is 0 Å². The monoisotopic (exact) mass is 375 g/mol. The van der Waals surface area contributed by atoms with Crippen LogP contribution in [-0.4, -0.2) is 64.4 Å². The Labute approximate surface area is 162 Å². The van der Waals surface area contributed by atoms with Gasteiger partial charge in [0.2, 0.25) is 0 Å². The summed E-state index contributed by atoms with van der Waals surface area (Å²) in [6.07, 6.45) is 7.05. The first-order chi connectivity index (χ1) is 13.2. The van der Waals surface area contributed by atoms with E-state index < -0.39 is 0 Å². The minimum absolute atomic E-state index is 0.127. The van der Waals surface area contributed by atoms with Crippen LogP contribution in [0.3, 0.4) is 0 Å². The lowest BCUT2D eigenvalue weighted by molar-refractivity contribution is 0.106. The van der Waals surface area contributed by atoms with Gasteiger partial charge in [-0.15, -0.1) is 0 Å². The van der Waals surface area contributed by atoms with Crippen LogP contribution in [0.1, 0.15) is 56.0 Å². The number of aryl methyl sites for hydroxylation is 1. The van der Waals surface area contributed by atoms with Crippen molar-refractivity contribution >= 4 is 6.03 Å². The Morgan fingerprint density at radius 1 is 1.19 bits per heavy atom. The molecule has 1 N–H and O–H groups in total. The maximum atomic E-state index is 12.5. The molecule has 4 rings (SSSR count). The van der Waals surface area contributed by atoms with E-state index >= 15 is 0 Å². The fourth-order valence-electron chi connectivity index (χ4n) is 4.60. The van der Waals surface area contributed by atoms with E-state index in [1.807, 2.05) is 4.90 Å². The molecule has 2 aliphatic heterocycles. The summed E-state index contributed by atoms with van der Waals surface area (Å²) in [5.74, 6) is 0. The maximum Gasteiger partial charge on any atom is 0.317 e. The molecule has 150 valence electrons. The smallest absolute Gasteiger partial charge is 0.317 e. The topological polar surface area (TPSA) is 62.6 Å². The number of carbonyl (C=O) groups excluding carboxylic acids is 1. The van der Waals surface area contributed by atoms with Crippen LogP contribution in [0.4, 0.5) is 4.79 Å². The largest absolute Gasteiger partial charge is 0.376 e. The molecule has 1 aliphatic carbocycles. The molecule has 7 heteroatoms. The quantitative estimate of drug-likeness (QED) is 0.876. The van der Waals surface area contributed by atoms with Gasteiger partial charge in [0.25, 0.3) is 0 Å². The van der Waals surface area contributed by atoms with Gasteiger partial charge in [0.15, 0.2) is 0 Å². The third kappa shape index (κ3) is 4.29. The molecule has 2 amide bonds. The average molecular weight is 376 g/mol. The number of amides is 2. The SMILES string of the molecule is CCn1nc(CN2CCN(C(=O)NC3CCCCC3)CC2)c2c1CCOC2. The van der Waals surface area contributed by atoms with Crippen molar-refractivity contribution < 1.29 is 9.53 Å². The highest BCUT2D eigenvalue weighted by Gasteiger charge is 2.26. The molecule has 1 aromatic rings. The van der Waals surface area contributed by atoms with Crippen LogP contribution >= 0.6 is 0 Å². The summed E-state index contributed by atoms with van der Waals surface area (Å²) in [5, 5.41) is 8.08. The van der Waals surface area contributed by atoms with Crippen LogP contribution in [0, 0.1) is 0 Å². The Morgan fingerprint density at radius 3 is 2.70 bits per heavy atom. The van der Waals surface area contributed by atoms with E-state index in [4.69, 9.17) is 9.84 Å². The third-order valence-electron chi connectivity index (χ3n) is 6.24. The first-order valence-electron chi connectivity index (χ1n) is 10.7. The Balaban J connectivity index is 1.29. The number of piperazine rings is 1. The van der Waals surface area contributed by atoms with Gasteiger partial charge < -0.3 is 15.0 Å². The van der Waals surface area contributed by atoms with Gasteiger partial charge in [0.05, 0.1) is 18.9 Å². The fraction of sp³-hybridized carbons (Fsp3) is 0.800. The summed E-state index contributed by atoms with van der Waals surface area (Å²) >= 11 is 0. The third-order valence-corrected chi connectivity index (χ3v) is 6.24. The molecule has 0 atom stereocenters. The van der Waals surface area contributed by atoms with E-state index in [-0.39, 0.29) is 6.03 Å². The first-order valence-corrected chi connectivity index (χ1v) is 10.7. The number of hydrogen-bond donors (Lipinski definition) is 1. The molecular formula is C20H33N5O2. The number of nitrogens with one attached hydrogen (secondary N) is 1. The predicted octanol–water partition coefficient (Wildman–Crippen LogP) is 2.14. The molecule has 0 radical (unpaired) electrons. The molecule has 2 fully saturated rings. The van der Waals surface area contributed by atoms with Gasteiger partial charge in [-0.05, 0) is 19.8 Å². The molecular weight excluding hydrogens is 342 g/mol. The second-order valence-electron chi connectivity index (χ2n) is 8.04. The minimum atomic E-state index is 0.127. The van der Waals surface area contributed by atoms with Crippen molar-refractivity contribution in [2.75, 3.05) is 32.8 Å². The molecule has 27 heavy (non-hydrogen) atoms. The number of ether oxygens (including phenoxy) is 1. The van der Waals surface area contributed by atoms with Crippen molar-refractivity contribution in [1.82, 2.24) is 24.9 Å². The lowest BCUT2D eigenvalue weighted by atomic mass is 9.96. The van der Waals surface area contributed by atoms with Crippen LogP contribution in [0.5, 0.6) is 0 Å². The molecule has 1 saturated heterocycles. The van der Waals surface area contributed by atoms with E-state index in [0.717, 1.165) is 70.8 Å². The van der Waals surface area contributed by atoms with Gasteiger partial charge in [0, 0.05) is 63.0 Å². The van der Waals surface area contributed by atoms with Crippen molar-refractivity contribution in [3.63, 3.8) is 0 Å². The van der Waals surface area contributed by atoms with E-state index in [0.29, 0.717) is 12.6 Å². The number of rotatable bonds is 4. The summed E-state index contributed by atoms with van der Waals surface area (Å²) in [4.78, 5) is 16.9. The maximum absolute atomic E-state index is 12.5. The molecule has 1 saturated carbocycles. The van der Waals surface area contributed by atoms with Gasteiger partial charge in [0.1, 0.15) is 0 Å². The zero-order valence-electron chi connectivity index (χ0n) is 16.6. The van der Waals surface area contributed by atoms with E-state index in [1.54, 1.807) is 0 Å². The van der Waals surface area contributed by atoms with Crippen LogP contribution < -0.4 is 5.32 Å². The summed E-state index contributed by atoms with van der Waals surface area (Å²) in [6.45, 7) is 8.82. The van der Waals surface area contributed by atoms with Gasteiger partial charge in [-0.25, -0.2) is 4.79 Å². The molecule has 3 heterocycles. The van der Waals surface area contributed by atoms with Crippen molar-refractivity contribution in [2.24, 2.45) is 0 Å². The fourth-order valence-corrected chi connectivity index (χ4v) is 4.60. The summed E-state index contributed by atoms with van der Waals surface area (Å²) < 4.78 is 7.81. The van der Waals surface area contributed by atoms with Crippen molar-refractivity contribution in [3.8, 4) is 0 Å². The number of nitrogens with zero attached hydrogens (tertiary/aromatic N) is 4. The van der Waals surface area contributed by atoms with E-state index in [9.17, 15) is 4.79 Å². The van der Waals surface area contributed by atoms with Gasteiger partial charge >= 0.3 is 6.03 Å². The van der Waals surface area contributed by atoms with E-state index in [2.05, 4.69) is 21.8 Å². The number of aromatic nitrogens is 2. The van der Waals surface area contributed by atoms with Crippen LogP contribution in [-0.2, 0) is 30.9 Å². The standard InChI is InChI=1S/C20H33N5O2/c1-2-25-19-8-13-27-15-17(19)18(22-25)14-23-9-11-24(12-10-23)20(26)21-16-6-4-3-5-7-16/h16H,2-15H2,1H3,(H,21,26). The second-order valence-corrected chi connectivity index (χ2v) is 8.04.